The van der Waals surface area contributed by atoms with Gasteiger partial charge in [-0.1, -0.05) is 35.6 Å². The highest BCUT2D eigenvalue weighted by Gasteiger charge is 2.09. The summed E-state index contributed by atoms with van der Waals surface area (Å²) in [5.41, 5.74) is 8.36. The van der Waals surface area contributed by atoms with Gasteiger partial charge in [0.1, 0.15) is 6.33 Å². The van der Waals surface area contributed by atoms with E-state index < -0.39 is 0 Å². The number of nitrogens with two attached hydrogens (primary N) is 1. The highest BCUT2D eigenvalue weighted by molar-refractivity contribution is 7.20. The van der Waals surface area contributed by atoms with Gasteiger partial charge in [0.25, 0.3) is 0 Å². The summed E-state index contributed by atoms with van der Waals surface area (Å²) in [5.74, 6) is 0.640. The zero-order valence-corrected chi connectivity index (χ0v) is 11.8. The minimum Gasteiger partial charge on any atom is -0.399 e. The van der Waals surface area contributed by atoms with Crippen LogP contribution in [0.2, 0.25) is 0 Å². The average Bonchev–Trinajstić information content (AvgIpc) is 3.14. The fraction of sp³-hybridized carbons (Fsp3) is 0. The highest BCUT2D eigenvalue weighted by atomic mass is 32.1. The minimum absolute atomic E-state index is 0.640. The van der Waals surface area contributed by atoms with Gasteiger partial charge in [0, 0.05) is 11.3 Å². The number of para-hydroxylation sites is 1. The number of rotatable bonds is 2. The molecule has 2 aromatic carbocycles. The van der Waals surface area contributed by atoms with Crippen molar-refractivity contribution < 1.29 is 0 Å². The van der Waals surface area contributed by atoms with Gasteiger partial charge in [-0.15, -0.1) is 5.10 Å². The topological polar surface area (TPSA) is 69.6 Å². The summed E-state index contributed by atoms with van der Waals surface area (Å²) >= 11 is 1.59. The van der Waals surface area contributed by atoms with Crippen molar-refractivity contribution in [3.8, 4) is 16.5 Å². The van der Waals surface area contributed by atoms with Crippen LogP contribution in [0.15, 0.2) is 54.9 Å². The second-order valence-electron chi connectivity index (χ2n) is 4.60. The third kappa shape index (κ3) is 2.15. The summed E-state index contributed by atoms with van der Waals surface area (Å²) < 4.78 is 2.83. The van der Waals surface area contributed by atoms with Crippen molar-refractivity contribution in [1.82, 2.24) is 19.7 Å². The Morgan fingerprint density at radius 2 is 1.95 bits per heavy atom. The summed E-state index contributed by atoms with van der Waals surface area (Å²) in [6.07, 6.45) is 1.68. The second kappa shape index (κ2) is 4.68. The van der Waals surface area contributed by atoms with Crippen LogP contribution >= 0.6 is 11.3 Å². The third-order valence-electron chi connectivity index (χ3n) is 3.12. The molecule has 5 nitrogen and oxygen atoms in total. The molecule has 0 radical (unpaired) electrons. The minimum atomic E-state index is 0.640. The van der Waals surface area contributed by atoms with Gasteiger partial charge in [-0.2, -0.15) is 4.68 Å². The van der Waals surface area contributed by atoms with E-state index in [1.54, 1.807) is 22.3 Å². The zero-order chi connectivity index (χ0) is 14.2. The molecule has 0 unspecified atom stereocenters. The predicted octanol–water partition coefficient (Wildman–Crippen LogP) is 3.13. The lowest BCUT2D eigenvalue weighted by molar-refractivity contribution is 0.874. The van der Waals surface area contributed by atoms with E-state index in [1.165, 1.54) is 0 Å². The molecule has 0 fully saturated rings. The molecule has 2 heterocycles. The molecule has 0 bridgehead atoms. The summed E-state index contributed by atoms with van der Waals surface area (Å²) in [4.78, 5) is 8.90. The molecule has 0 atom stereocenters. The predicted molar refractivity (Wildman–Crippen MR) is 84.4 cm³/mol. The van der Waals surface area contributed by atoms with Crippen molar-refractivity contribution in [3.63, 3.8) is 0 Å². The Bertz CT molecular complexity index is 891. The van der Waals surface area contributed by atoms with Crippen molar-refractivity contribution in [1.29, 1.82) is 0 Å². The Labute approximate surface area is 124 Å². The van der Waals surface area contributed by atoms with E-state index in [1.807, 2.05) is 48.5 Å². The molecule has 0 saturated heterocycles. The van der Waals surface area contributed by atoms with Crippen molar-refractivity contribution in [2.24, 2.45) is 0 Å². The lowest BCUT2D eigenvalue weighted by Crippen LogP contribution is -1.94. The fourth-order valence-electron chi connectivity index (χ4n) is 2.12. The molecule has 0 spiro atoms. The maximum Gasteiger partial charge on any atom is 0.212 e. The van der Waals surface area contributed by atoms with Crippen molar-refractivity contribution in [2.45, 2.75) is 0 Å². The SMILES string of the molecule is Nc1cccc(-c2ncn(-c3nc4ccccc4s3)n2)c1. The van der Waals surface area contributed by atoms with Crippen LogP contribution in [-0.2, 0) is 0 Å². The molecule has 102 valence electrons. The summed E-state index contributed by atoms with van der Waals surface area (Å²) in [5, 5.41) is 5.29. The third-order valence-corrected chi connectivity index (χ3v) is 4.14. The normalized spacial score (nSPS) is 11.0. The van der Waals surface area contributed by atoms with E-state index in [0.717, 1.165) is 20.9 Å². The maximum absolute atomic E-state index is 5.79. The first-order valence-corrected chi connectivity index (χ1v) is 7.25. The van der Waals surface area contributed by atoms with E-state index in [4.69, 9.17) is 5.73 Å². The van der Waals surface area contributed by atoms with Gasteiger partial charge in [0.2, 0.25) is 5.13 Å². The van der Waals surface area contributed by atoms with Crippen LogP contribution in [0.25, 0.3) is 26.7 Å². The van der Waals surface area contributed by atoms with Crippen molar-refractivity contribution >= 4 is 27.2 Å². The van der Waals surface area contributed by atoms with Crippen molar-refractivity contribution in [2.75, 3.05) is 5.73 Å². The lowest BCUT2D eigenvalue weighted by atomic mass is 10.2. The van der Waals surface area contributed by atoms with Crippen LogP contribution in [0.3, 0.4) is 0 Å². The Balaban J connectivity index is 1.77. The van der Waals surface area contributed by atoms with Gasteiger partial charge < -0.3 is 5.73 Å². The molecule has 2 N–H and O–H groups in total. The molecule has 0 saturated carbocycles. The summed E-state index contributed by atoms with van der Waals surface area (Å²) in [6.45, 7) is 0. The number of fused-ring (bicyclic) bond motifs is 1. The Kier molecular flexibility index (Phi) is 2.68. The number of hydrogen-bond donors (Lipinski definition) is 1. The monoisotopic (exact) mass is 293 g/mol. The van der Waals surface area contributed by atoms with Crippen LogP contribution in [0.4, 0.5) is 5.69 Å². The van der Waals surface area contributed by atoms with Gasteiger partial charge in [-0.05, 0) is 24.3 Å². The number of nitrogens with zero attached hydrogens (tertiary/aromatic N) is 4. The molecular formula is C15H11N5S. The zero-order valence-electron chi connectivity index (χ0n) is 11.0. The smallest absolute Gasteiger partial charge is 0.212 e. The molecule has 4 aromatic rings. The van der Waals surface area contributed by atoms with Gasteiger partial charge in [0.05, 0.1) is 10.2 Å². The van der Waals surface area contributed by atoms with Gasteiger partial charge in [-0.25, -0.2) is 9.97 Å². The number of benzene rings is 2. The molecule has 21 heavy (non-hydrogen) atoms. The number of thiazole rings is 1. The number of nitrogen functional groups attached to an aromatic ring is 1. The van der Waals surface area contributed by atoms with Crippen LogP contribution < -0.4 is 5.73 Å². The molecular weight excluding hydrogens is 282 g/mol. The van der Waals surface area contributed by atoms with E-state index in [-0.39, 0.29) is 0 Å². The van der Waals surface area contributed by atoms with Gasteiger partial charge in [0.15, 0.2) is 5.82 Å². The Morgan fingerprint density at radius 1 is 1.05 bits per heavy atom. The molecule has 6 heteroatoms. The first-order chi connectivity index (χ1) is 10.3. The van der Waals surface area contributed by atoms with Crippen molar-refractivity contribution in [3.05, 3.63) is 54.9 Å². The fourth-order valence-corrected chi connectivity index (χ4v) is 3.01. The summed E-state index contributed by atoms with van der Waals surface area (Å²) in [6, 6.07) is 15.6. The molecule has 0 aliphatic heterocycles. The van der Waals surface area contributed by atoms with E-state index in [0.29, 0.717) is 11.5 Å². The van der Waals surface area contributed by atoms with Crippen LogP contribution in [-0.4, -0.2) is 19.7 Å². The number of anilines is 1. The quantitative estimate of drug-likeness (QED) is 0.576. The maximum atomic E-state index is 5.79. The first-order valence-electron chi connectivity index (χ1n) is 6.43. The molecule has 0 aliphatic rings. The standard InChI is InChI=1S/C15H11N5S/c16-11-5-3-4-10(8-11)14-17-9-20(19-14)15-18-12-6-1-2-7-13(12)21-15/h1-9H,16H2. The second-order valence-corrected chi connectivity index (χ2v) is 5.61. The molecule has 4 rings (SSSR count). The van der Waals surface area contributed by atoms with E-state index >= 15 is 0 Å². The van der Waals surface area contributed by atoms with Gasteiger partial charge in [-0.3, -0.25) is 0 Å². The Hall–Kier alpha value is -2.73. The van der Waals surface area contributed by atoms with E-state index in [9.17, 15) is 0 Å². The molecule has 2 aromatic heterocycles. The van der Waals surface area contributed by atoms with Crippen LogP contribution in [0.1, 0.15) is 0 Å². The molecule has 0 aliphatic carbocycles. The van der Waals surface area contributed by atoms with Crippen LogP contribution in [0, 0.1) is 0 Å². The molecule has 0 amide bonds. The summed E-state index contributed by atoms with van der Waals surface area (Å²) in [7, 11) is 0. The Morgan fingerprint density at radius 3 is 2.81 bits per heavy atom. The largest absolute Gasteiger partial charge is 0.399 e. The first kappa shape index (κ1) is 12.0. The number of hydrogen-bond acceptors (Lipinski definition) is 5. The lowest BCUT2D eigenvalue weighted by Gasteiger charge is -1.96. The van der Waals surface area contributed by atoms with Crippen LogP contribution in [0.5, 0.6) is 0 Å². The highest BCUT2D eigenvalue weighted by Crippen LogP contribution is 2.25. The average molecular weight is 293 g/mol. The van der Waals surface area contributed by atoms with Gasteiger partial charge >= 0.3 is 0 Å². The van der Waals surface area contributed by atoms with E-state index in [2.05, 4.69) is 15.1 Å². The number of aromatic nitrogens is 4.